The monoisotopic (exact) mass is 194 g/mol. The minimum absolute atomic E-state index is 0. The zero-order valence-electron chi connectivity index (χ0n) is 7.94. The molecule has 0 spiro atoms. The molecule has 0 atom stereocenters. The van der Waals surface area contributed by atoms with Crippen LogP contribution in [0.2, 0.25) is 0 Å². The molecule has 0 aromatic carbocycles. The summed E-state index contributed by atoms with van der Waals surface area (Å²) in [6.07, 6.45) is 1.86. The van der Waals surface area contributed by atoms with Crippen molar-refractivity contribution in [3.8, 4) is 0 Å². The third kappa shape index (κ3) is 114. The Bertz CT molecular complexity index is 51.6. The topological polar surface area (TPSA) is 46.1 Å². The molecular formula is C8H18O2Ti. The number of hydrogen-bond donors (Lipinski definition) is 0. The van der Waals surface area contributed by atoms with Crippen LogP contribution in [0.5, 0.6) is 0 Å². The molecule has 0 aliphatic heterocycles. The van der Waals surface area contributed by atoms with Gasteiger partial charge in [-0.1, -0.05) is 40.5 Å². The summed E-state index contributed by atoms with van der Waals surface area (Å²) in [4.78, 5) is 0. The second-order valence-corrected chi connectivity index (χ2v) is 3.17. The van der Waals surface area contributed by atoms with Crippen molar-refractivity contribution in [1.82, 2.24) is 0 Å². The van der Waals surface area contributed by atoms with Crippen molar-refractivity contribution in [1.29, 1.82) is 0 Å². The van der Waals surface area contributed by atoms with Crippen molar-refractivity contribution in [3.63, 3.8) is 0 Å². The van der Waals surface area contributed by atoms with Gasteiger partial charge in [-0.3, -0.25) is 0 Å². The Labute approximate surface area is 84.9 Å². The molecule has 0 radical (unpaired) electrons. The molecule has 0 unspecified atom stereocenters. The van der Waals surface area contributed by atoms with E-state index in [1.165, 1.54) is 0 Å². The van der Waals surface area contributed by atoms with E-state index in [0.717, 1.165) is 12.8 Å². The largest absolute Gasteiger partial charge is 2.00 e. The van der Waals surface area contributed by atoms with Crippen molar-refractivity contribution >= 4 is 0 Å². The van der Waals surface area contributed by atoms with E-state index in [0.29, 0.717) is 0 Å². The van der Waals surface area contributed by atoms with E-state index in [1.54, 1.807) is 20.8 Å². The van der Waals surface area contributed by atoms with Gasteiger partial charge >= 0.3 is 21.7 Å². The predicted molar refractivity (Wildman–Crippen MR) is 39.5 cm³/mol. The Balaban J connectivity index is -0.000000107. The molecule has 0 aromatic rings. The van der Waals surface area contributed by atoms with Crippen LogP contribution < -0.4 is 10.2 Å². The van der Waals surface area contributed by atoms with Crippen LogP contribution in [0.4, 0.5) is 0 Å². The molecular weight excluding hydrogens is 176 g/mol. The first-order chi connectivity index (χ1) is 4.41. The molecule has 0 aromatic heterocycles. The standard InChI is InChI=1S/2C4H9O.Ti/c1-4(2,3)5;1-2-3-4-5;/h1-3H3;2-4H2,1H3;/q2*-1;+2. The third-order valence-corrected chi connectivity index (χ3v) is 0.498. The molecule has 0 heterocycles. The molecule has 0 N–H and O–H groups in total. The average molecular weight is 194 g/mol. The molecule has 0 rings (SSSR count). The third-order valence-electron chi connectivity index (χ3n) is 0.498. The van der Waals surface area contributed by atoms with Gasteiger partial charge in [-0.05, 0) is 0 Å². The maximum absolute atomic E-state index is 10.1. The normalized spacial score (nSPS) is 9.27. The Morgan fingerprint density at radius 2 is 1.45 bits per heavy atom. The first-order valence-electron chi connectivity index (χ1n) is 3.70. The molecule has 0 saturated heterocycles. The Hall–Kier alpha value is 0.634. The smallest absolute Gasteiger partial charge is 0.854 e. The van der Waals surface area contributed by atoms with Gasteiger partial charge in [0.2, 0.25) is 0 Å². The van der Waals surface area contributed by atoms with Gasteiger partial charge in [0, 0.05) is 0 Å². The summed E-state index contributed by atoms with van der Waals surface area (Å²) in [5, 5.41) is 19.6. The van der Waals surface area contributed by atoms with Crippen LogP contribution in [0.1, 0.15) is 40.5 Å². The summed E-state index contributed by atoms with van der Waals surface area (Å²) >= 11 is 0. The minimum atomic E-state index is -0.750. The van der Waals surface area contributed by atoms with Crippen molar-refractivity contribution < 1.29 is 31.9 Å². The number of hydrogen-bond acceptors (Lipinski definition) is 2. The van der Waals surface area contributed by atoms with Crippen molar-refractivity contribution in [2.45, 2.75) is 46.1 Å². The molecule has 0 aliphatic carbocycles. The molecule has 11 heavy (non-hydrogen) atoms. The van der Waals surface area contributed by atoms with E-state index in [-0.39, 0.29) is 28.3 Å². The molecule has 0 fully saturated rings. The van der Waals surface area contributed by atoms with Crippen LogP contribution in [-0.2, 0) is 21.7 Å². The van der Waals surface area contributed by atoms with E-state index in [4.69, 9.17) is 0 Å². The molecule has 0 amide bonds. The fourth-order valence-corrected chi connectivity index (χ4v) is 0.144. The van der Waals surface area contributed by atoms with E-state index >= 15 is 0 Å². The zero-order valence-corrected chi connectivity index (χ0v) is 9.50. The van der Waals surface area contributed by atoms with E-state index in [2.05, 4.69) is 0 Å². The quantitative estimate of drug-likeness (QED) is 0.593. The molecule has 2 nitrogen and oxygen atoms in total. The van der Waals surface area contributed by atoms with Gasteiger partial charge in [0.1, 0.15) is 0 Å². The van der Waals surface area contributed by atoms with Gasteiger partial charge in [-0.25, -0.2) is 0 Å². The van der Waals surface area contributed by atoms with Gasteiger partial charge in [-0.15, -0.1) is 12.2 Å². The average Bonchev–Trinajstić information content (AvgIpc) is 1.63. The van der Waals surface area contributed by atoms with E-state index in [9.17, 15) is 10.2 Å². The van der Waals surface area contributed by atoms with Gasteiger partial charge in [0.25, 0.3) is 0 Å². The zero-order chi connectivity index (χ0) is 8.62. The van der Waals surface area contributed by atoms with Crippen molar-refractivity contribution in [3.05, 3.63) is 0 Å². The van der Waals surface area contributed by atoms with Gasteiger partial charge in [-0.2, -0.15) is 0 Å². The van der Waals surface area contributed by atoms with Crippen molar-refractivity contribution in [2.24, 2.45) is 0 Å². The summed E-state index contributed by atoms with van der Waals surface area (Å²) in [6.45, 7) is 7.00. The number of rotatable bonds is 2. The van der Waals surface area contributed by atoms with Crippen LogP contribution in [-0.4, -0.2) is 12.2 Å². The SMILES string of the molecule is CC(C)(C)[O-].CCCC[O-].[Ti+2]. The fourth-order valence-electron chi connectivity index (χ4n) is 0.144. The van der Waals surface area contributed by atoms with Crippen LogP contribution in [0, 0.1) is 0 Å². The van der Waals surface area contributed by atoms with Crippen LogP contribution in [0.15, 0.2) is 0 Å². The van der Waals surface area contributed by atoms with Crippen molar-refractivity contribution in [2.75, 3.05) is 6.61 Å². The van der Waals surface area contributed by atoms with Gasteiger partial charge < -0.3 is 10.2 Å². The number of unbranched alkanes of at least 4 members (excludes halogenated alkanes) is 1. The Morgan fingerprint density at radius 1 is 1.18 bits per heavy atom. The Kier molecular flexibility index (Phi) is 17.1. The minimum Gasteiger partial charge on any atom is -0.854 e. The fraction of sp³-hybridized carbons (Fsp3) is 1.00. The van der Waals surface area contributed by atoms with Crippen LogP contribution in [0.25, 0.3) is 0 Å². The second kappa shape index (κ2) is 10.6. The summed E-state index contributed by atoms with van der Waals surface area (Å²) < 4.78 is 0. The van der Waals surface area contributed by atoms with Gasteiger partial charge in [0.05, 0.1) is 0 Å². The molecule has 0 saturated carbocycles. The first-order valence-corrected chi connectivity index (χ1v) is 3.70. The maximum atomic E-state index is 10.1. The summed E-state index contributed by atoms with van der Waals surface area (Å²) in [5.74, 6) is 0. The molecule has 66 valence electrons. The molecule has 3 heteroatoms. The second-order valence-electron chi connectivity index (χ2n) is 3.17. The first kappa shape index (κ1) is 17.6. The van der Waals surface area contributed by atoms with Crippen LogP contribution >= 0.6 is 0 Å². The van der Waals surface area contributed by atoms with Gasteiger partial charge in [0.15, 0.2) is 0 Å². The molecule has 0 aliphatic rings. The Morgan fingerprint density at radius 3 is 1.45 bits per heavy atom. The van der Waals surface area contributed by atoms with E-state index < -0.39 is 5.60 Å². The summed E-state index contributed by atoms with van der Waals surface area (Å²) in [6, 6.07) is 0. The maximum Gasteiger partial charge on any atom is 2.00 e. The molecule has 0 bridgehead atoms. The summed E-state index contributed by atoms with van der Waals surface area (Å²) in [7, 11) is 0. The van der Waals surface area contributed by atoms with Crippen LogP contribution in [0.3, 0.4) is 0 Å². The summed E-state index contributed by atoms with van der Waals surface area (Å²) in [5.41, 5.74) is -0.750. The van der Waals surface area contributed by atoms with E-state index in [1.807, 2.05) is 6.92 Å². The predicted octanol–water partition coefficient (Wildman–Crippen LogP) is 0.289.